The Kier molecular flexibility index (Phi) is 4.19. The fraction of sp³-hybridized carbons (Fsp3) is 0.833. The first-order valence-electron chi connectivity index (χ1n) is 6.31. The van der Waals surface area contributed by atoms with E-state index in [9.17, 15) is 9.59 Å². The number of hydrogen-bond donors (Lipinski definition) is 1. The highest BCUT2D eigenvalue weighted by Crippen LogP contribution is 2.24. The highest BCUT2D eigenvalue weighted by atomic mass is 16.5. The number of morpholine rings is 1. The molecule has 1 N–H and O–H groups in total. The van der Waals surface area contributed by atoms with Crippen LogP contribution >= 0.6 is 0 Å². The lowest BCUT2D eigenvalue weighted by molar-refractivity contribution is -0.150. The lowest BCUT2D eigenvalue weighted by atomic mass is 10.0. The molecule has 18 heavy (non-hydrogen) atoms. The molecule has 2 aliphatic heterocycles. The summed E-state index contributed by atoms with van der Waals surface area (Å²) in [4.78, 5) is 24.6. The van der Waals surface area contributed by atoms with Gasteiger partial charge in [-0.2, -0.15) is 0 Å². The smallest absolute Gasteiger partial charge is 0.306 e. The van der Waals surface area contributed by atoms with E-state index in [1.165, 1.54) is 0 Å². The third-order valence-electron chi connectivity index (χ3n) is 3.55. The first-order chi connectivity index (χ1) is 8.58. The van der Waals surface area contributed by atoms with Crippen LogP contribution in [0.15, 0.2) is 0 Å². The number of hydrogen-bond acceptors (Lipinski definition) is 4. The van der Waals surface area contributed by atoms with Crippen molar-refractivity contribution in [3.8, 4) is 0 Å². The summed E-state index contributed by atoms with van der Waals surface area (Å²) < 4.78 is 10.7. The van der Waals surface area contributed by atoms with Gasteiger partial charge in [-0.25, -0.2) is 0 Å². The van der Waals surface area contributed by atoms with Gasteiger partial charge in [0.15, 0.2) is 0 Å². The molecule has 0 bridgehead atoms. The van der Waals surface area contributed by atoms with Crippen LogP contribution in [0.25, 0.3) is 0 Å². The monoisotopic (exact) mass is 257 g/mol. The Morgan fingerprint density at radius 2 is 2.11 bits per heavy atom. The van der Waals surface area contributed by atoms with Gasteiger partial charge in [0.1, 0.15) is 0 Å². The summed E-state index contributed by atoms with van der Waals surface area (Å²) in [5, 5.41) is 8.74. The molecule has 2 heterocycles. The van der Waals surface area contributed by atoms with Crippen molar-refractivity contribution >= 4 is 11.9 Å². The van der Waals surface area contributed by atoms with E-state index in [4.69, 9.17) is 14.6 Å². The van der Waals surface area contributed by atoms with E-state index in [0.717, 1.165) is 6.42 Å². The Morgan fingerprint density at radius 3 is 2.72 bits per heavy atom. The van der Waals surface area contributed by atoms with Crippen molar-refractivity contribution in [3.63, 3.8) is 0 Å². The molecule has 0 radical (unpaired) electrons. The van der Waals surface area contributed by atoms with E-state index in [1.54, 1.807) is 4.90 Å². The summed E-state index contributed by atoms with van der Waals surface area (Å²) in [5.41, 5.74) is 0. The number of amides is 1. The fourth-order valence-electron chi connectivity index (χ4n) is 2.53. The third-order valence-corrected chi connectivity index (χ3v) is 3.55. The zero-order valence-electron chi connectivity index (χ0n) is 10.5. The molecule has 0 aromatic carbocycles. The molecule has 3 unspecified atom stereocenters. The van der Waals surface area contributed by atoms with Gasteiger partial charge >= 0.3 is 5.97 Å². The SMILES string of the molecule is CC1OCCC1C(=O)N1CCOC(CC(=O)O)C1. The summed E-state index contributed by atoms with van der Waals surface area (Å²) in [6, 6.07) is 0. The van der Waals surface area contributed by atoms with E-state index in [0.29, 0.717) is 26.3 Å². The Morgan fingerprint density at radius 1 is 1.33 bits per heavy atom. The van der Waals surface area contributed by atoms with E-state index in [1.807, 2.05) is 6.92 Å². The van der Waals surface area contributed by atoms with Crippen LogP contribution in [0.1, 0.15) is 19.8 Å². The van der Waals surface area contributed by atoms with E-state index < -0.39 is 12.1 Å². The predicted molar refractivity (Wildman–Crippen MR) is 62.1 cm³/mol. The molecule has 102 valence electrons. The maximum Gasteiger partial charge on any atom is 0.306 e. The molecule has 6 heteroatoms. The number of rotatable bonds is 3. The number of carbonyl (C=O) groups excluding carboxylic acids is 1. The molecule has 2 rings (SSSR count). The van der Waals surface area contributed by atoms with Crippen LogP contribution in [0.4, 0.5) is 0 Å². The second kappa shape index (κ2) is 5.67. The normalized spacial score (nSPS) is 32.5. The number of carboxylic acid groups (broad SMARTS) is 1. The lowest BCUT2D eigenvalue weighted by Gasteiger charge is -2.34. The number of ether oxygens (including phenoxy) is 2. The third kappa shape index (κ3) is 3.00. The quantitative estimate of drug-likeness (QED) is 0.776. The highest BCUT2D eigenvalue weighted by molar-refractivity contribution is 5.80. The van der Waals surface area contributed by atoms with Crippen LogP contribution in [0, 0.1) is 5.92 Å². The first-order valence-corrected chi connectivity index (χ1v) is 6.31. The van der Waals surface area contributed by atoms with Crippen LogP contribution in [0.2, 0.25) is 0 Å². The van der Waals surface area contributed by atoms with Crippen molar-refractivity contribution in [1.82, 2.24) is 4.90 Å². The van der Waals surface area contributed by atoms with Crippen LogP contribution in [0.5, 0.6) is 0 Å². The second-order valence-electron chi connectivity index (χ2n) is 4.85. The molecule has 0 aliphatic carbocycles. The molecular formula is C12H19NO5. The molecule has 6 nitrogen and oxygen atoms in total. The van der Waals surface area contributed by atoms with Crippen molar-refractivity contribution in [2.45, 2.75) is 32.0 Å². The minimum absolute atomic E-state index is 0.0433. The second-order valence-corrected chi connectivity index (χ2v) is 4.85. The topological polar surface area (TPSA) is 76.1 Å². The largest absolute Gasteiger partial charge is 0.481 e. The highest BCUT2D eigenvalue weighted by Gasteiger charge is 2.36. The summed E-state index contributed by atoms with van der Waals surface area (Å²) in [6.07, 6.45) is 0.262. The number of nitrogens with zero attached hydrogens (tertiary/aromatic N) is 1. The van der Waals surface area contributed by atoms with E-state index in [-0.39, 0.29) is 24.3 Å². The van der Waals surface area contributed by atoms with Gasteiger partial charge < -0.3 is 19.5 Å². The van der Waals surface area contributed by atoms with Gasteiger partial charge in [-0.3, -0.25) is 9.59 Å². The molecule has 0 spiro atoms. The van der Waals surface area contributed by atoms with Gasteiger partial charge in [-0.05, 0) is 13.3 Å². The first kappa shape index (κ1) is 13.3. The van der Waals surface area contributed by atoms with Crippen molar-refractivity contribution in [3.05, 3.63) is 0 Å². The molecule has 0 saturated carbocycles. The van der Waals surface area contributed by atoms with Gasteiger partial charge in [0.05, 0.1) is 31.2 Å². The van der Waals surface area contributed by atoms with E-state index in [2.05, 4.69) is 0 Å². The van der Waals surface area contributed by atoms with Crippen molar-refractivity contribution < 1.29 is 24.2 Å². The van der Waals surface area contributed by atoms with Gasteiger partial charge in [-0.1, -0.05) is 0 Å². The Balaban J connectivity index is 1.91. The van der Waals surface area contributed by atoms with Crippen LogP contribution in [0.3, 0.4) is 0 Å². The van der Waals surface area contributed by atoms with E-state index >= 15 is 0 Å². The minimum atomic E-state index is -0.896. The lowest BCUT2D eigenvalue weighted by Crippen LogP contribution is -2.49. The minimum Gasteiger partial charge on any atom is -0.481 e. The zero-order valence-corrected chi connectivity index (χ0v) is 10.5. The molecule has 1 amide bonds. The van der Waals surface area contributed by atoms with Crippen LogP contribution in [-0.2, 0) is 19.1 Å². The summed E-state index contributed by atoms with van der Waals surface area (Å²) in [6.45, 7) is 3.85. The Bertz CT molecular complexity index is 332. The van der Waals surface area contributed by atoms with Gasteiger partial charge in [0.2, 0.25) is 5.91 Å². The predicted octanol–water partition coefficient (Wildman–Crippen LogP) is 0.114. The molecular weight excluding hydrogens is 238 g/mol. The molecule has 3 atom stereocenters. The van der Waals surface area contributed by atoms with Gasteiger partial charge in [0, 0.05) is 19.7 Å². The maximum atomic E-state index is 12.3. The average Bonchev–Trinajstić information content (AvgIpc) is 2.74. The molecule has 2 fully saturated rings. The van der Waals surface area contributed by atoms with Crippen molar-refractivity contribution in [1.29, 1.82) is 0 Å². The Hall–Kier alpha value is -1.14. The van der Waals surface area contributed by atoms with Gasteiger partial charge in [0.25, 0.3) is 0 Å². The number of carbonyl (C=O) groups is 2. The molecule has 2 saturated heterocycles. The fourth-order valence-corrected chi connectivity index (χ4v) is 2.53. The van der Waals surface area contributed by atoms with Crippen LogP contribution in [-0.4, -0.2) is 60.4 Å². The maximum absolute atomic E-state index is 12.3. The standard InChI is InChI=1S/C12H19NO5/c1-8-10(2-4-17-8)12(16)13-3-5-18-9(7-13)6-11(14)15/h8-10H,2-7H2,1H3,(H,14,15). The summed E-state index contributed by atoms with van der Waals surface area (Å²) >= 11 is 0. The van der Waals surface area contributed by atoms with Gasteiger partial charge in [-0.15, -0.1) is 0 Å². The molecule has 0 aromatic rings. The molecule has 0 aromatic heterocycles. The van der Waals surface area contributed by atoms with Crippen molar-refractivity contribution in [2.75, 3.05) is 26.3 Å². The average molecular weight is 257 g/mol. The summed E-state index contributed by atoms with van der Waals surface area (Å²) in [7, 11) is 0. The summed E-state index contributed by atoms with van der Waals surface area (Å²) in [5.74, 6) is -0.917. The van der Waals surface area contributed by atoms with Crippen LogP contribution < -0.4 is 0 Å². The van der Waals surface area contributed by atoms with Crippen molar-refractivity contribution in [2.24, 2.45) is 5.92 Å². The number of carboxylic acids is 1. The Labute approximate surface area is 106 Å². The zero-order chi connectivity index (χ0) is 13.1. The molecule has 2 aliphatic rings. The number of aliphatic carboxylic acids is 1.